The van der Waals surface area contributed by atoms with Gasteiger partial charge < -0.3 is 10.2 Å². The number of piperidine rings is 1. The summed E-state index contributed by atoms with van der Waals surface area (Å²) in [6.45, 7) is 3.43. The number of nitrogens with one attached hydrogen (secondary N) is 1. The summed E-state index contributed by atoms with van der Waals surface area (Å²) in [7, 11) is 0. The zero-order valence-electron chi connectivity index (χ0n) is 17.0. The summed E-state index contributed by atoms with van der Waals surface area (Å²) in [5.74, 6) is 1.42. The predicted octanol–water partition coefficient (Wildman–Crippen LogP) is 4.22. The lowest BCUT2D eigenvalue weighted by Crippen LogP contribution is -2.48. The molecule has 154 valence electrons. The second-order valence-corrected chi connectivity index (χ2v) is 8.37. The van der Waals surface area contributed by atoms with E-state index in [2.05, 4.69) is 15.3 Å². The molecular weight excluding hydrogens is 367 g/mol. The molecule has 4 rings (SSSR count). The monoisotopic (exact) mass is 396 g/mol. The highest BCUT2D eigenvalue weighted by Crippen LogP contribution is 2.30. The van der Waals surface area contributed by atoms with Crippen molar-refractivity contribution in [3.63, 3.8) is 0 Å². The van der Waals surface area contributed by atoms with Gasteiger partial charge in [0.25, 0.3) is 0 Å². The topological polar surface area (TPSA) is 58.1 Å². The number of benzene rings is 1. The first kappa shape index (κ1) is 19.8. The van der Waals surface area contributed by atoms with Crippen LogP contribution in [0.2, 0.25) is 0 Å². The fourth-order valence-electron chi connectivity index (χ4n) is 4.72. The van der Waals surface area contributed by atoms with Crippen molar-refractivity contribution in [2.75, 3.05) is 13.1 Å². The van der Waals surface area contributed by atoms with Crippen molar-refractivity contribution < 1.29 is 9.18 Å². The highest BCUT2D eigenvalue weighted by atomic mass is 19.1. The maximum absolute atomic E-state index is 13.1. The quantitative estimate of drug-likeness (QED) is 0.842. The predicted molar refractivity (Wildman–Crippen MR) is 110 cm³/mol. The van der Waals surface area contributed by atoms with Crippen molar-refractivity contribution >= 4 is 6.03 Å². The molecule has 1 N–H and O–H groups in total. The highest BCUT2D eigenvalue weighted by molar-refractivity contribution is 5.74. The Morgan fingerprint density at radius 2 is 1.90 bits per heavy atom. The molecular formula is C23H29FN4O. The Morgan fingerprint density at radius 1 is 1.14 bits per heavy atom. The van der Waals surface area contributed by atoms with Crippen molar-refractivity contribution in [1.29, 1.82) is 0 Å². The molecule has 0 radical (unpaired) electrons. The average Bonchev–Trinajstić information content (AvgIpc) is 3.16. The van der Waals surface area contributed by atoms with Gasteiger partial charge in [0.1, 0.15) is 11.6 Å². The summed E-state index contributed by atoms with van der Waals surface area (Å²) in [6, 6.07) is 8.99. The molecule has 1 aliphatic heterocycles. The van der Waals surface area contributed by atoms with Crippen LogP contribution in [0.4, 0.5) is 9.18 Å². The molecule has 2 heterocycles. The van der Waals surface area contributed by atoms with Gasteiger partial charge in [0.15, 0.2) is 0 Å². The van der Waals surface area contributed by atoms with E-state index in [-0.39, 0.29) is 17.9 Å². The minimum atomic E-state index is -0.203. The molecule has 2 fully saturated rings. The Morgan fingerprint density at radius 3 is 2.62 bits per heavy atom. The molecule has 1 aromatic heterocycles. The number of aromatic nitrogens is 2. The van der Waals surface area contributed by atoms with Crippen molar-refractivity contribution in [2.24, 2.45) is 5.92 Å². The van der Waals surface area contributed by atoms with E-state index in [0.717, 1.165) is 68.7 Å². The summed E-state index contributed by atoms with van der Waals surface area (Å²) >= 11 is 0. The van der Waals surface area contributed by atoms with E-state index in [1.54, 1.807) is 0 Å². The van der Waals surface area contributed by atoms with E-state index in [1.807, 2.05) is 36.2 Å². The minimum Gasteiger partial charge on any atom is -0.335 e. The van der Waals surface area contributed by atoms with E-state index in [0.29, 0.717) is 11.8 Å². The van der Waals surface area contributed by atoms with E-state index in [1.165, 1.54) is 12.1 Å². The second kappa shape index (κ2) is 8.89. The number of likely N-dealkylation sites (tertiary alicyclic amines) is 1. The molecule has 1 saturated carbocycles. The molecule has 1 aromatic carbocycles. The Hall–Kier alpha value is -2.50. The van der Waals surface area contributed by atoms with Gasteiger partial charge in [0.05, 0.1) is 0 Å². The van der Waals surface area contributed by atoms with Gasteiger partial charge in [-0.2, -0.15) is 0 Å². The van der Waals surface area contributed by atoms with Crippen molar-refractivity contribution in [2.45, 2.75) is 57.4 Å². The fourth-order valence-corrected chi connectivity index (χ4v) is 4.72. The number of carbonyl (C=O) groups excluding carboxylic acids is 1. The lowest BCUT2D eigenvalue weighted by molar-refractivity contribution is 0.174. The number of hydrogen-bond acceptors (Lipinski definition) is 3. The van der Waals surface area contributed by atoms with Crippen molar-refractivity contribution in [3.8, 4) is 0 Å². The molecule has 0 unspecified atom stereocenters. The first-order valence-electron chi connectivity index (χ1n) is 10.7. The van der Waals surface area contributed by atoms with Crippen LogP contribution in [0.5, 0.6) is 0 Å². The number of nitrogens with zero attached hydrogens (tertiary/aromatic N) is 3. The first-order valence-corrected chi connectivity index (χ1v) is 10.7. The van der Waals surface area contributed by atoms with Gasteiger partial charge in [0.2, 0.25) is 0 Å². The SMILES string of the molecule is Cc1nccc(C2CCN(C(=O)N[C@H]3CCC[C@H]3Cc3ccc(F)cc3)CC2)n1. The van der Waals surface area contributed by atoms with Crippen LogP contribution in [0.15, 0.2) is 36.5 Å². The van der Waals surface area contributed by atoms with Crippen LogP contribution in [0.25, 0.3) is 0 Å². The van der Waals surface area contributed by atoms with Gasteiger partial charge in [-0.3, -0.25) is 0 Å². The van der Waals surface area contributed by atoms with E-state index < -0.39 is 0 Å². The fraction of sp³-hybridized carbons (Fsp3) is 0.522. The molecule has 6 heteroatoms. The summed E-state index contributed by atoms with van der Waals surface area (Å²) < 4.78 is 13.1. The van der Waals surface area contributed by atoms with Gasteiger partial charge >= 0.3 is 6.03 Å². The molecule has 2 aromatic rings. The molecule has 0 spiro atoms. The molecule has 2 aliphatic rings. The number of halogens is 1. The molecule has 5 nitrogen and oxygen atoms in total. The molecule has 29 heavy (non-hydrogen) atoms. The molecule has 2 amide bonds. The summed E-state index contributed by atoms with van der Waals surface area (Å²) in [5, 5.41) is 3.28. The lowest BCUT2D eigenvalue weighted by atomic mass is 9.93. The summed E-state index contributed by atoms with van der Waals surface area (Å²) in [6.07, 6.45) is 7.84. The summed E-state index contributed by atoms with van der Waals surface area (Å²) in [4.78, 5) is 23.5. The van der Waals surface area contributed by atoms with Crippen molar-refractivity contribution in [3.05, 3.63) is 59.4 Å². The largest absolute Gasteiger partial charge is 0.335 e. The Balaban J connectivity index is 1.29. The third-order valence-electron chi connectivity index (χ3n) is 6.38. The zero-order valence-corrected chi connectivity index (χ0v) is 17.0. The Bertz CT molecular complexity index is 833. The smallest absolute Gasteiger partial charge is 0.317 e. The maximum atomic E-state index is 13.1. The first-order chi connectivity index (χ1) is 14.1. The van der Waals surface area contributed by atoms with Gasteiger partial charge in [-0.25, -0.2) is 19.2 Å². The second-order valence-electron chi connectivity index (χ2n) is 8.37. The third-order valence-corrected chi connectivity index (χ3v) is 6.38. The lowest BCUT2D eigenvalue weighted by Gasteiger charge is -2.33. The standard InChI is InChI=1S/C23H29FN4O/c1-16-25-12-9-22(26-16)18-10-13-28(14-11-18)23(29)27-21-4-2-3-19(21)15-17-5-7-20(24)8-6-17/h5-9,12,18-19,21H,2-4,10-11,13-15H2,1H3,(H,27,29)/t19-,21-/m0/s1. The van der Waals surface area contributed by atoms with Crippen LogP contribution < -0.4 is 5.32 Å². The molecule has 1 aliphatic carbocycles. The highest BCUT2D eigenvalue weighted by Gasteiger charge is 2.31. The van der Waals surface area contributed by atoms with E-state index >= 15 is 0 Å². The van der Waals surface area contributed by atoms with E-state index in [9.17, 15) is 9.18 Å². The van der Waals surface area contributed by atoms with Crippen LogP contribution in [0.3, 0.4) is 0 Å². The third kappa shape index (κ3) is 4.92. The number of urea groups is 1. The maximum Gasteiger partial charge on any atom is 0.317 e. The number of rotatable bonds is 4. The van der Waals surface area contributed by atoms with Crippen LogP contribution in [0, 0.1) is 18.7 Å². The molecule has 2 atom stereocenters. The Kier molecular flexibility index (Phi) is 6.07. The van der Waals surface area contributed by atoms with Crippen LogP contribution in [-0.2, 0) is 6.42 Å². The van der Waals surface area contributed by atoms with Crippen molar-refractivity contribution in [1.82, 2.24) is 20.2 Å². The summed E-state index contributed by atoms with van der Waals surface area (Å²) in [5.41, 5.74) is 2.23. The Labute approximate surface area is 171 Å². The van der Waals surface area contributed by atoms with Gasteiger partial charge in [-0.05, 0) is 68.7 Å². The average molecular weight is 397 g/mol. The normalized spacial score (nSPS) is 22.6. The number of aryl methyl sites for hydroxylation is 1. The van der Waals surface area contributed by atoms with Gasteiger partial charge in [-0.1, -0.05) is 18.6 Å². The molecule has 1 saturated heterocycles. The van der Waals surface area contributed by atoms with Gasteiger partial charge in [0, 0.05) is 36.9 Å². The minimum absolute atomic E-state index is 0.0540. The van der Waals surface area contributed by atoms with E-state index in [4.69, 9.17) is 0 Å². The number of hydrogen-bond donors (Lipinski definition) is 1. The number of amides is 2. The number of carbonyl (C=O) groups is 1. The zero-order chi connectivity index (χ0) is 20.2. The van der Waals surface area contributed by atoms with Crippen LogP contribution in [-0.4, -0.2) is 40.0 Å². The molecule has 0 bridgehead atoms. The van der Waals surface area contributed by atoms with Gasteiger partial charge in [-0.15, -0.1) is 0 Å². The van der Waals surface area contributed by atoms with Crippen LogP contribution >= 0.6 is 0 Å². The van der Waals surface area contributed by atoms with Crippen LogP contribution in [0.1, 0.15) is 55.1 Å².